The van der Waals surface area contributed by atoms with Gasteiger partial charge in [0.1, 0.15) is 0 Å². The van der Waals surface area contributed by atoms with Crippen molar-refractivity contribution in [1.29, 1.82) is 0 Å². The largest absolute Gasteiger partial charge is 0.341 e. The monoisotopic (exact) mass is 155 g/mol. The van der Waals surface area contributed by atoms with Crippen LogP contribution in [0.5, 0.6) is 0 Å². The molecule has 0 aromatic heterocycles. The molecule has 62 valence electrons. The van der Waals surface area contributed by atoms with Crippen molar-refractivity contribution in [3.8, 4) is 0 Å². The van der Waals surface area contributed by atoms with E-state index in [0.29, 0.717) is 18.0 Å². The van der Waals surface area contributed by atoms with Crippen LogP contribution in [0.3, 0.4) is 0 Å². The fourth-order valence-electron chi connectivity index (χ4n) is 1.92. The van der Waals surface area contributed by atoms with Crippen LogP contribution in [0, 0.1) is 5.92 Å². The number of carbonyl (C=O) groups is 1. The lowest BCUT2D eigenvalue weighted by Gasteiger charge is -2.34. The van der Waals surface area contributed by atoms with Gasteiger partial charge in [0.25, 0.3) is 0 Å². The Hall–Kier alpha value is -0.770. The van der Waals surface area contributed by atoms with Crippen molar-refractivity contribution in [2.75, 3.05) is 13.6 Å². The molecule has 0 radical (unpaired) electrons. The topological polar surface area (TPSA) is 53.2 Å². The van der Waals surface area contributed by atoms with Crippen LogP contribution in [0.15, 0.2) is 0 Å². The highest BCUT2D eigenvalue weighted by Gasteiger charge is 2.47. The van der Waals surface area contributed by atoms with E-state index >= 15 is 0 Å². The lowest BCUT2D eigenvalue weighted by molar-refractivity contribution is 0.212. The zero-order valence-corrected chi connectivity index (χ0v) is 6.55. The first-order valence-corrected chi connectivity index (χ1v) is 4.03. The number of rotatable bonds is 1. The Bertz CT molecular complexity index is 169. The minimum atomic E-state index is -0.0617. The molecule has 3 N–H and O–H groups in total. The molecule has 4 nitrogen and oxygen atoms in total. The molecular weight excluding hydrogens is 142 g/mol. The summed E-state index contributed by atoms with van der Waals surface area (Å²) in [6, 6.07) is 0.862. The van der Waals surface area contributed by atoms with E-state index < -0.39 is 0 Å². The molecule has 3 fully saturated rings. The van der Waals surface area contributed by atoms with Crippen molar-refractivity contribution in [2.24, 2.45) is 5.92 Å². The van der Waals surface area contributed by atoms with Gasteiger partial charge in [0.2, 0.25) is 0 Å². The Balaban J connectivity index is 1.84. The summed E-state index contributed by atoms with van der Waals surface area (Å²) >= 11 is 0. The van der Waals surface area contributed by atoms with E-state index in [2.05, 4.69) is 16.0 Å². The molecule has 0 aromatic rings. The van der Waals surface area contributed by atoms with Gasteiger partial charge in [0.05, 0.1) is 0 Å². The van der Waals surface area contributed by atoms with Crippen LogP contribution in [0.25, 0.3) is 0 Å². The maximum Gasteiger partial charge on any atom is 0.314 e. The lowest BCUT2D eigenvalue weighted by atomic mass is 9.80. The van der Waals surface area contributed by atoms with E-state index in [1.165, 1.54) is 6.42 Å². The highest BCUT2D eigenvalue weighted by atomic mass is 16.2. The van der Waals surface area contributed by atoms with E-state index in [1.54, 1.807) is 7.05 Å². The second-order valence-corrected chi connectivity index (χ2v) is 3.26. The summed E-state index contributed by atoms with van der Waals surface area (Å²) in [5, 5.41) is 8.80. The quantitative estimate of drug-likeness (QED) is 0.468. The van der Waals surface area contributed by atoms with Crippen LogP contribution in [0.4, 0.5) is 4.79 Å². The SMILES string of the molecule is CNC(=O)NC1C2CNC1C2. The first kappa shape index (κ1) is 6.91. The molecule has 0 aromatic carbocycles. The molecule has 4 heteroatoms. The van der Waals surface area contributed by atoms with Gasteiger partial charge in [-0.15, -0.1) is 0 Å². The smallest absolute Gasteiger partial charge is 0.314 e. The molecule has 2 aliphatic heterocycles. The van der Waals surface area contributed by atoms with Crippen LogP contribution in [-0.2, 0) is 0 Å². The van der Waals surface area contributed by atoms with Crippen molar-refractivity contribution >= 4 is 6.03 Å². The van der Waals surface area contributed by atoms with Gasteiger partial charge in [0.15, 0.2) is 0 Å². The molecule has 3 unspecified atom stereocenters. The van der Waals surface area contributed by atoms with E-state index in [1.807, 2.05) is 0 Å². The number of hydrogen-bond acceptors (Lipinski definition) is 2. The average molecular weight is 155 g/mol. The fourth-order valence-corrected chi connectivity index (χ4v) is 1.92. The highest BCUT2D eigenvalue weighted by Crippen LogP contribution is 2.33. The first-order valence-electron chi connectivity index (χ1n) is 4.03. The summed E-state index contributed by atoms with van der Waals surface area (Å²) in [6.07, 6.45) is 1.23. The Kier molecular flexibility index (Phi) is 1.49. The molecule has 3 rings (SSSR count). The Morgan fingerprint density at radius 1 is 1.64 bits per heavy atom. The fraction of sp³-hybridized carbons (Fsp3) is 0.857. The minimum Gasteiger partial charge on any atom is -0.341 e. The van der Waals surface area contributed by atoms with Crippen molar-refractivity contribution in [3.63, 3.8) is 0 Å². The third-order valence-corrected chi connectivity index (χ3v) is 2.67. The van der Waals surface area contributed by atoms with Gasteiger partial charge < -0.3 is 16.0 Å². The number of carbonyl (C=O) groups excluding carboxylic acids is 1. The van der Waals surface area contributed by atoms with Gasteiger partial charge in [-0.1, -0.05) is 0 Å². The molecule has 1 aliphatic carbocycles. The Morgan fingerprint density at radius 3 is 2.91 bits per heavy atom. The molecule has 3 aliphatic rings. The summed E-state index contributed by atoms with van der Waals surface area (Å²) in [4.78, 5) is 10.9. The number of amides is 2. The van der Waals surface area contributed by atoms with Crippen molar-refractivity contribution in [1.82, 2.24) is 16.0 Å². The molecule has 0 spiro atoms. The number of fused-ring (bicyclic) bond motifs is 1. The molecule has 2 bridgehead atoms. The maximum absolute atomic E-state index is 10.9. The predicted molar refractivity (Wildman–Crippen MR) is 41.3 cm³/mol. The van der Waals surface area contributed by atoms with Crippen LogP contribution < -0.4 is 16.0 Å². The Morgan fingerprint density at radius 2 is 2.45 bits per heavy atom. The summed E-state index contributed by atoms with van der Waals surface area (Å²) in [5.74, 6) is 0.678. The van der Waals surface area contributed by atoms with E-state index in [0.717, 1.165) is 6.54 Å². The first-order chi connectivity index (χ1) is 5.31. The number of urea groups is 1. The second kappa shape index (κ2) is 2.37. The molecular formula is C7H13N3O. The van der Waals surface area contributed by atoms with Gasteiger partial charge in [-0.25, -0.2) is 4.79 Å². The average Bonchev–Trinajstić information content (AvgIpc) is 2.59. The third kappa shape index (κ3) is 0.976. The third-order valence-electron chi connectivity index (χ3n) is 2.67. The van der Waals surface area contributed by atoms with Crippen molar-refractivity contribution in [2.45, 2.75) is 18.5 Å². The van der Waals surface area contributed by atoms with E-state index in [4.69, 9.17) is 0 Å². The molecule has 2 amide bonds. The van der Waals surface area contributed by atoms with Gasteiger partial charge in [-0.05, 0) is 12.3 Å². The van der Waals surface area contributed by atoms with Gasteiger partial charge in [-0.3, -0.25) is 0 Å². The summed E-state index contributed by atoms with van der Waals surface area (Å²) in [7, 11) is 1.64. The zero-order valence-electron chi connectivity index (χ0n) is 6.55. The molecule has 2 heterocycles. The van der Waals surface area contributed by atoms with E-state index in [9.17, 15) is 4.79 Å². The number of nitrogens with one attached hydrogen (secondary N) is 3. The second-order valence-electron chi connectivity index (χ2n) is 3.26. The highest BCUT2D eigenvalue weighted by molar-refractivity contribution is 5.74. The summed E-state index contributed by atoms with van der Waals surface area (Å²) in [6.45, 7) is 1.07. The van der Waals surface area contributed by atoms with Crippen LogP contribution in [0.1, 0.15) is 6.42 Å². The maximum atomic E-state index is 10.9. The van der Waals surface area contributed by atoms with Gasteiger partial charge in [0, 0.05) is 25.7 Å². The number of hydrogen-bond donors (Lipinski definition) is 3. The summed E-state index contributed by atoms with van der Waals surface area (Å²) in [5.41, 5.74) is 0. The predicted octanol–water partition coefficient (Wildman–Crippen LogP) is -0.724. The molecule has 1 saturated carbocycles. The van der Waals surface area contributed by atoms with Crippen molar-refractivity contribution in [3.05, 3.63) is 0 Å². The minimum absolute atomic E-state index is 0.0617. The normalized spacial score (nSPS) is 39.5. The van der Waals surface area contributed by atoms with Gasteiger partial charge >= 0.3 is 6.03 Å². The van der Waals surface area contributed by atoms with Crippen molar-refractivity contribution < 1.29 is 4.79 Å². The lowest BCUT2D eigenvalue weighted by Crippen LogP contribution is -2.55. The van der Waals surface area contributed by atoms with Crippen LogP contribution >= 0.6 is 0 Å². The molecule has 2 saturated heterocycles. The Labute approximate surface area is 65.7 Å². The van der Waals surface area contributed by atoms with Crippen LogP contribution in [0.2, 0.25) is 0 Å². The summed E-state index contributed by atoms with van der Waals surface area (Å²) < 4.78 is 0. The van der Waals surface area contributed by atoms with E-state index in [-0.39, 0.29) is 6.03 Å². The molecule has 3 atom stereocenters. The standard InChI is InChI=1S/C7H13N3O/c1-8-7(11)10-6-4-2-5(6)9-3-4/h4-6,9H,2-3H2,1H3,(H2,8,10,11). The molecule has 11 heavy (non-hydrogen) atoms. The zero-order chi connectivity index (χ0) is 7.84. The van der Waals surface area contributed by atoms with Gasteiger partial charge in [-0.2, -0.15) is 0 Å². The van der Waals surface area contributed by atoms with Crippen LogP contribution in [-0.4, -0.2) is 31.7 Å².